The van der Waals surface area contributed by atoms with Crippen molar-refractivity contribution in [3.05, 3.63) is 71.5 Å². The highest BCUT2D eigenvalue weighted by Crippen LogP contribution is 2.39. The Kier molecular flexibility index (Phi) is 3.62. The maximum Gasteiger partial charge on any atom is 0.262 e. The predicted octanol–water partition coefficient (Wildman–Crippen LogP) is 4.17. The van der Waals surface area contributed by atoms with Gasteiger partial charge in [-0.3, -0.25) is 0 Å². The molecule has 0 unspecified atom stereocenters. The summed E-state index contributed by atoms with van der Waals surface area (Å²) in [7, 11) is 6.35. The van der Waals surface area contributed by atoms with E-state index < -0.39 is 0 Å². The number of benzene rings is 2. The van der Waals surface area contributed by atoms with Crippen LogP contribution in [0.3, 0.4) is 0 Å². The van der Waals surface area contributed by atoms with Crippen LogP contribution in [0, 0.1) is 0 Å². The minimum Gasteiger partial charge on any atom is -0.329 e. The normalized spacial score (nSPS) is 14.0. The minimum absolute atomic E-state index is 1.18. The highest BCUT2D eigenvalue weighted by molar-refractivity contribution is 7.18. The van der Waals surface area contributed by atoms with Gasteiger partial charge in [-0.1, -0.05) is 41.7 Å². The fraction of sp³-hybridized carbons (Fsp3) is 0.150. The van der Waals surface area contributed by atoms with Crippen molar-refractivity contribution >= 4 is 39.0 Å². The molecule has 0 saturated carbocycles. The lowest BCUT2D eigenvalue weighted by atomic mass is 10.3. The zero-order valence-electron chi connectivity index (χ0n) is 14.1. The van der Waals surface area contributed by atoms with Crippen molar-refractivity contribution in [3.63, 3.8) is 0 Å². The zero-order chi connectivity index (χ0) is 16.7. The standard InChI is InChI=1S/C20H20N3S/c1-21-15-9-4-5-10-16(15)22(2)19(21)13-8-14-20-23(3)17-11-6-7-12-18(17)24-20/h4-14H,1-3H3/q+1. The lowest BCUT2D eigenvalue weighted by Crippen LogP contribution is -2.28. The lowest BCUT2D eigenvalue weighted by molar-refractivity contribution is -0.642. The molecule has 1 aliphatic heterocycles. The summed E-state index contributed by atoms with van der Waals surface area (Å²) in [5.41, 5.74) is 3.76. The quantitative estimate of drug-likeness (QED) is 0.651. The SMILES string of the molecule is CN1C(=CC=Cc2sc3ccccc3[n+]2C)N(C)c2ccccc21. The van der Waals surface area contributed by atoms with Crippen molar-refractivity contribution in [1.29, 1.82) is 0 Å². The van der Waals surface area contributed by atoms with Gasteiger partial charge in [0.2, 0.25) is 5.52 Å². The molecule has 0 N–H and O–H groups in total. The van der Waals surface area contributed by atoms with E-state index in [1.165, 1.54) is 32.4 Å². The summed E-state index contributed by atoms with van der Waals surface area (Å²) in [6.45, 7) is 0. The fourth-order valence-electron chi connectivity index (χ4n) is 3.21. The molecule has 2 heterocycles. The third-order valence-corrected chi connectivity index (χ3v) is 5.73. The topological polar surface area (TPSA) is 10.4 Å². The first kappa shape index (κ1) is 15.0. The largest absolute Gasteiger partial charge is 0.329 e. The molecule has 0 atom stereocenters. The first-order valence-electron chi connectivity index (χ1n) is 7.99. The molecule has 24 heavy (non-hydrogen) atoms. The van der Waals surface area contributed by atoms with Crippen LogP contribution >= 0.6 is 11.3 Å². The molecular weight excluding hydrogens is 314 g/mol. The Balaban J connectivity index is 1.65. The molecule has 4 rings (SSSR count). The molecule has 3 nitrogen and oxygen atoms in total. The highest BCUT2D eigenvalue weighted by Gasteiger charge is 2.24. The van der Waals surface area contributed by atoms with E-state index in [-0.39, 0.29) is 0 Å². The maximum absolute atomic E-state index is 2.24. The number of hydrogen-bond donors (Lipinski definition) is 0. The van der Waals surface area contributed by atoms with Crippen LogP contribution in [0.2, 0.25) is 0 Å². The molecule has 0 radical (unpaired) electrons. The number of thiazole rings is 1. The van der Waals surface area contributed by atoms with Crippen LogP contribution in [-0.4, -0.2) is 14.1 Å². The first-order chi connectivity index (χ1) is 11.7. The van der Waals surface area contributed by atoms with Crippen LogP contribution in [0.5, 0.6) is 0 Å². The number of fused-ring (bicyclic) bond motifs is 2. The van der Waals surface area contributed by atoms with Crippen LogP contribution in [0.4, 0.5) is 11.4 Å². The predicted molar refractivity (Wildman–Crippen MR) is 103 cm³/mol. The van der Waals surface area contributed by atoms with Gasteiger partial charge in [0.25, 0.3) is 5.01 Å². The summed E-state index contributed by atoms with van der Waals surface area (Å²) in [6, 6.07) is 17.0. The summed E-state index contributed by atoms with van der Waals surface area (Å²) in [5.74, 6) is 1.18. The number of aromatic nitrogens is 1. The van der Waals surface area contributed by atoms with Crippen LogP contribution in [0.25, 0.3) is 16.3 Å². The van der Waals surface area contributed by atoms with E-state index in [4.69, 9.17) is 0 Å². The average Bonchev–Trinajstić information content (AvgIpc) is 3.05. The van der Waals surface area contributed by atoms with Gasteiger partial charge in [0.15, 0.2) is 0 Å². The van der Waals surface area contributed by atoms with Gasteiger partial charge >= 0.3 is 0 Å². The van der Waals surface area contributed by atoms with Crippen LogP contribution in [0.15, 0.2) is 66.5 Å². The molecule has 0 bridgehead atoms. The summed E-state index contributed by atoms with van der Waals surface area (Å²) >= 11 is 1.82. The van der Waals surface area contributed by atoms with E-state index in [2.05, 4.69) is 102 Å². The molecule has 120 valence electrons. The molecule has 2 aromatic carbocycles. The summed E-state index contributed by atoms with van der Waals surface area (Å²) in [4.78, 5) is 4.45. The van der Waals surface area contributed by atoms with Crippen molar-refractivity contribution in [2.75, 3.05) is 23.9 Å². The highest BCUT2D eigenvalue weighted by atomic mass is 32.1. The number of hydrogen-bond acceptors (Lipinski definition) is 3. The van der Waals surface area contributed by atoms with Gasteiger partial charge in [0.05, 0.1) is 11.4 Å². The lowest BCUT2D eigenvalue weighted by Gasteiger charge is -2.17. The zero-order valence-corrected chi connectivity index (χ0v) is 14.9. The van der Waals surface area contributed by atoms with E-state index in [1.54, 1.807) is 0 Å². The third-order valence-electron chi connectivity index (χ3n) is 4.55. The maximum atomic E-state index is 2.24. The smallest absolute Gasteiger partial charge is 0.262 e. The summed E-state index contributed by atoms with van der Waals surface area (Å²) in [6.07, 6.45) is 6.49. The molecule has 0 saturated heterocycles. The molecule has 0 amide bonds. The van der Waals surface area contributed by atoms with Crippen LogP contribution < -0.4 is 14.4 Å². The molecule has 0 aliphatic carbocycles. The molecular formula is C20H20N3S+. The van der Waals surface area contributed by atoms with E-state index in [0.717, 1.165) is 0 Å². The molecule has 4 heteroatoms. The van der Waals surface area contributed by atoms with Gasteiger partial charge < -0.3 is 9.80 Å². The first-order valence-corrected chi connectivity index (χ1v) is 8.81. The summed E-state index contributed by atoms with van der Waals surface area (Å²) < 4.78 is 3.56. The van der Waals surface area contributed by atoms with Gasteiger partial charge in [-0.2, -0.15) is 4.57 Å². The summed E-state index contributed by atoms with van der Waals surface area (Å²) in [5, 5.41) is 1.24. The number of rotatable bonds is 2. The van der Waals surface area contributed by atoms with Gasteiger partial charge in [0, 0.05) is 26.2 Å². The molecule has 1 aromatic heterocycles. The molecule has 1 aliphatic rings. The number of allylic oxidation sites excluding steroid dienone is 2. The minimum atomic E-state index is 1.18. The van der Waals surface area contributed by atoms with Gasteiger partial charge in [-0.15, -0.1) is 0 Å². The van der Waals surface area contributed by atoms with Crippen molar-refractivity contribution in [1.82, 2.24) is 0 Å². The Labute approximate surface area is 146 Å². The Morgan fingerprint density at radius 1 is 0.917 bits per heavy atom. The number of aryl methyl sites for hydroxylation is 1. The molecule has 0 fully saturated rings. The molecule has 3 aromatic rings. The third kappa shape index (κ3) is 2.31. The van der Waals surface area contributed by atoms with E-state index >= 15 is 0 Å². The van der Waals surface area contributed by atoms with Gasteiger partial charge in [-0.05, 0) is 24.3 Å². The molecule has 0 spiro atoms. The number of nitrogens with zero attached hydrogens (tertiary/aromatic N) is 3. The van der Waals surface area contributed by atoms with Crippen LogP contribution in [0.1, 0.15) is 5.01 Å². The fourth-order valence-corrected chi connectivity index (χ4v) is 4.27. The Morgan fingerprint density at radius 3 is 2.21 bits per heavy atom. The van der Waals surface area contributed by atoms with Gasteiger partial charge in [0.1, 0.15) is 17.6 Å². The number of anilines is 2. The van der Waals surface area contributed by atoms with Crippen LogP contribution in [-0.2, 0) is 7.05 Å². The second-order valence-electron chi connectivity index (χ2n) is 5.96. The second kappa shape index (κ2) is 5.80. The van der Waals surface area contributed by atoms with E-state index in [1.807, 2.05) is 11.3 Å². The second-order valence-corrected chi connectivity index (χ2v) is 7.02. The Morgan fingerprint density at radius 2 is 1.54 bits per heavy atom. The monoisotopic (exact) mass is 334 g/mol. The Bertz CT molecular complexity index is 937. The number of para-hydroxylation sites is 3. The van der Waals surface area contributed by atoms with Crippen molar-refractivity contribution in [3.8, 4) is 0 Å². The van der Waals surface area contributed by atoms with E-state index in [0.29, 0.717) is 0 Å². The van der Waals surface area contributed by atoms with E-state index in [9.17, 15) is 0 Å². The van der Waals surface area contributed by atoms with Crippen molar-refractivity contribution in [2.24, 2.45) is 7.05 Å². The van der Waals surface area contributed by atoms with Crippen molar-refractivity contribution < 1.29 is 4.57 Å². The Hall–Kier alpha value is -2.59. The van der Waals surface area contributed by atoms with Gasteiger partial charge in [-0.25, -0.2) is 0 Å². The van der Waals surface area contributed by atoms with Crippen molar-refractivity contribution in [2.45, 2.75) is 0 Å². The average molecular weight is 334 g/mol.